The van der Waals surface area contributed by atoms with Crippen LogP contribution in [0, 0.1) is 0 Å². The zero-order valence-electron chi connectivity index (χ0n) is 9.25. The molecule has 0 fully saturated rings. The summed E-state index contributed by atoms with van der Waals surface area (Å²) in [6.45, 7) is 3.72. The summed E-state index contributed by atoms with van der Waals surface area (Å²) in [7, 11) is 0. The Morgan fingerprint density at radius 2 is 1.88 bits per heavy atom. The zero-order valence-corrected chi connectivity index (χ0v) is 9.25. The third-order valence-electron chi connectivity index (χ3n) is 2.52. The van der Waals surface area contributed by atoms with E-state index in [0.717, 1.165) is 0 Å². The quantitative estimate of drug-likeness (QED) is 0.724. The minimum absolute atomic E-state index is 0.170. The molecule has 3 nitrogen and oxygen atoms in total. The lowest BCUT2D eigenvalue weighted by Gasteiger charge is -2.21. The molecule has 2 rings (SSSR count). The standard InChI is InChI=1S/C12H13FO3/c1-7(13)9-5-11-12(16-4-3-15-11)6-10(9)8(2)14/h5-7H,3-4H2,1-2H3. The number of Topliss-reactive ketones (excluding diaryl/α,β-unsaturated/α-hetero) is 1. The molecule has 0 amide bonds. The smallest absolute Gasteiger partial charge is 0.162 e. The summed E-state index contributed by atoms with van der Waals surface area (Å²) < 4.78 is 24.1. The molecule has 0 radical (unpaired) electrons. The minimum Gasteiger partial charge on any atom is -0.486 e. The molecule has 1 aliphatic rings. The van der Waals surface area contributed by atoms with Crippen LogP contribution >= 0.6 is 0 Å². The van der Waals surface area contributed by atoms with E-state index in [1.807, 2.05) is 0 Å². The van der Waals surface area contributed by atoms with E-state index in [-0.39, 0.29) is 5.78 Å². The van der Waals surface area contributed by atoms with Crippen LogP contribution in [0.2, 0.25) is 0 Å². The van der Waals surface area contributed by atoms with E-state index in [1.54, 1.807) is 12.1 Å². The topological polar surface area (TPSA) is 35.5 Å². The monoisotopic (exact) mass is 224 g/mol. The van der Waals surface area contributed by atoms with Gasteiger partial charge in [0.1, 0.15) is 19.4 Å². The van der Waals surface area contributed by atoms with Crippen molar-refractivity contribution < 1.29 is 18.7 Å². The first-order valence-electron chi connectivity index (χ1n) is 5.18. The fraction of sp³-hybridized carbons (Fsp3) is 0.417. The molecule has 1 heterocycles. The number of rotatable bonds is 2. The Hall–Kier alpha value is -1.58. The van der Waals surface area contributed by atoms with Gasteiger partial charge < -0.3 is 9.47 Å². The first-order valence-corrected chi connectivity index (χ1v) is 5.18. The lowest BCUT2D eigenvalue weighted by Crippen LogP contribution is -2.16. The third kappa shape index (κ3) is 1.87. The molecular weight excluding hydrogens is 211 g/mol. The molecule has 0 bridgehead atoms. The fourth-order valence-electron chi connectivity index (χ4n) is 1.74. The summed E-state index contributed by atoms with van der Waals surface area (Å²) in [5, 5.41) is 0. The normalized spacial score (nSPS) is 15.7. The van der Waals surface area contributed by atoms with Gasteiger partial charge in [-0.3, -0.25) is 4.79 Å². The van der Waals surface area contributed by atoms with Crippen LogP contribution in [0.5, 0.6) is 11.5 Å². The van der Waals surface area contributed by atoms with E-state index in [9.17, 15) is 9.18 Å². The highest BCUT2D eigenvalue weighted by Gasteiger charge is 2.20. The van der Waals surface area contributed by atoms with Crippen LogP contribution in [0.25, 0.3) is 0 Å². The highest BCUT2D eigenvalue weighted by atomic mass is 19.1. The van der Waals surface area contributed by atoms with Crippen molar-refractivity contribution in [2.24, 2.45) is 0 Å². The minimum atomic E-state index is -1.20. The molecule has 1 aliphatic heterocycles. The van der Waals surface area contributed by atoms with E-state index in [0.29, 0.717) is 35.8 Å². The van der Waals surface area contributed by atoms with Crippen molar-refractivity contribution in [2.75, 3.05) is 13.2 Å². The maximum absolute atomic E-state index is 13.4. The predicted molar refractivity (Wildman–Crippen MR) is 57.0 cm³/mol. The second-order valence-corrected chi connectivity index (χ2v) is 3.76. The van der Waals surface area contributed by atoms with Gasteiger partial charge in [-0.15, -0.1) is 0 Å². The van der Waals surface area contributed by atoms with Gasteiger partial charge in [0, 0.05) is 11.1 Å². The van der Waals surface area contributed by atoms with Gasteiger partial charge >= 0.3 is 0 Å². The maximum Gasteiger partial charge on any atom is 0.162 e. The molecule has 1 atom stereocenters. The summed E-state index contributed by atoms with van der Waals surface area (Å²) >= 11 is 0. The largest absolute Gasteiger partial charge is 0.486 e. The fourth-order valence-corrected chi connectivity index (χ4v) is 1.74. The van der Waals surface area contributed by atoms with Gasteiger partial charge in [0.25, 0.3) is 0 Å². The van der Waals surface area contributed by atoms with Crippen LogP contribution in [-0.4, -0.2) is 19.0 Å². The number of carbonyl (C=O) groups is 1. The van der Waals surface area contributed by atoms with E-state index in [2.05, 4.69) is 0 Å². The van der Waals surface area contributed by atoms with Gasteiger partial charge in [0.05, 0.1) is 0 Å². The van der Waals surface area contributed by atoms with Crippen LogP contribution < -0.4 is 9.47 Å². The molecule has 0 spiro atoms. The second-order valence-electron chi connectivity index (χ2n) is 3.76. The average Bonchev–Trinajstić information content (AvgIpc) is 2.27. The van der Waals surface area contributed by atoms with Crippen LogP contribution in [0.1, 0.15) is 35.9 Å². The van der Waals surface area contributed by atoms with Crippen molar-refractivity contribution in [3.05, 3.63) is 23.3 Å². The summed E-state index contributed by atoms with van der Waals surface area (Å²) in [6.07, 6.45) is -1.20. The van der Waals surface area contributed by atoms with Crippen molar-refractivity contribution >= 4 is 5.78 Å². The molecule has 86 valence electrons. The lowest BCUT2D eigenvalue weighted by atomic mass is 10.00. The molecule has 1 aromatic rings. The number of ether oxygens (including phenoxy) is 2. The lowest BCUT2D eigenvalue weighted by molar-refractivity contribution is 0.101. The van der Waals surface area contributed by atoms with Gasteiger partial charge in [-0.1, -0.05) is 0 Å². The molecule has 1 aromatic carbocycles. The maximum atomic E-state index is 13.4. The molecule has 0 aliphatic carbocycles. The highest BCUT2D eigenvalue weighted by Crippen LogP contribution is 2.36. The number of alkyl halides is 1. The molecule has 0 N–H and O–H groups in total. The van der Waals surface area contributed by atoms with Gasteiger partial charge in [0.15, 0.2) is 17.3 Å². The Bertz CT molecular complexity index is 427. The molecule has 1 unspecified atom stereocenters. The van der Waals surface area contributed by atoms with Gasteiger partial charge in [0.2, 0.25) is 0 Å². The summed E-state index contributed by atoms with van der Waals surface area (Å²) in [4.78, 5) is 11.4. The number of hydrogen-bond donors (Lipinski definition) is 0. The Morgan fingerprint density at radius 1 is 1.31 bits per heavy atom. The van der Waals surface area contributed by atoms with Gasteiger partial charge in [-0.05, 0) is 26.0 Å². The van der Waals surface area contributed by atoms with E-state index < -0.39 is 6.17 Å². The van der Waals surface area contributed by atoms with E-state index >= 15 is 0 Å². The van der Waals surface area contributed by atoms with E-state index in [4.69, 9.17) is 9.47 Å². The van der Waals surface area contributed by atoms with Gasteiger partial charge in [-0.25, -0.2) is 4.39 Å². The highest BCUT2D eigenvalue weighted by molar-refractivity contribution is 5.96. The number of hydrogen-bond acceptors (Lipinski definition) is 3. The van der Waals surface area contributed by atoms with Crippen molar-refractivity contribution in [2.45, 2.75) is 20.0 Å². The van der Waals surface area contributed by atoms with Crippen molar-refractivity contribution in [3.8, 4) is 11.5 Å². The summed E-state index contributed by atoms with van der Waals surface area (Å²) in [5.41, 5.74) is 0.719. The molecular formula is C12H13FO3. The summed E-state index contributed by atoms with van der Waals surface area (Å²) in [5.74, 6) is 0.855. The third-order valence-corrected chi connectivity index (χ3v) is 2.52. The molecule has 0 saturated carbocycles. The number of carbonyl (C=O) groups excluding carboxylic acids is 1. The van der Waals surface area contributed by atoms with Crippen LogP contribution in [0.15, 0.2) is 12.1 Å². The van der Waals surface area contributed by atoms with Gasteiger partial charge in [-0.2, -0.15) is 0 Å². The number of benzene rings is 1. The number of ketones is 1. The zero-order chi connectivity index (χ0) is 11.7. The van der Waals surface area contributed by atoms with Crippen molar-refractivity contribution in [3.63, 3.8) is 0 Å². The second kappa shape index (κ2) is 4.12. The van der Waals surface area contributed by atoms with E-state index in [1.165, 1.54) is 13.8 Å². The van der Waals surface area contributed by atoms with Crippen LogP contribution in [-0.2, 0) is 0 Å². The number of fused-ring (bicyclic) bond motifs is 1. The Balaban J connectivity index is 2.54. The molecule has 4 heteroatoms. The first kappa shape index (κ1) is 10.9. The molecule has 16 heavy (non-hydrogen) atoms. The summed E-state index contributed by atoms with van der Waals surface area (Å²) in [6, 6.07) is 3.11. The molecule has 0 aromatic heterocycles. The SMILES string of the molecule is CC(=O)c1cc2c(cc1C(C)F)OCCO2. The Labute approximate surface area is 93.2 Å². The Kier molecular flexibility index (Phi) is 2.81. The van der Waals surface area contributed by atoms with Crippen LogP contribution in [0.4, 0.5) is 4.39 Å². The van der Waals surface area contributed by atoms with Crippen molar-refractivity contribution in [1.82, 2.24) is 0 Å². The average molecular weight is 224 g/mol. The number of halogens is 1. The van der Waals surface area contributed by atoms with Crippen LogP contribution in [0.3, 0.4) is 0 Å². The Morgan fingerprint density at radius 3 is 2.38 bits per heavy atom. The first-order chi connectivity index (χ1) is 7.59. The molecule has 0 saturated heterocycles. The van der Waals surface area contributed by atoms with Crippen molar-refractivity contribution in [1.29, 1.82) is 0 Å². The predicted octanol–water partition coefficient (Wildman–Crippen LogP) is 2.69.